The Morgan fingerprint density at radius 2 is 1.97 bits per heavy atom. The minimum absolute atomic E-state index is 0.123. The monoisotopic (exact) mass is 450 g/mol. The number of aromatic nitrogens is 3. The number of nitriles is 1. The lowest BCUT2D eigenvalue weighted by atomic mass is 10.0. The van der Waals surface area contributed by atoms with Gasteiger partial charge in [0.25, 0.3) is 11.0 Å². The molecule has 3 aliphatic rings. The van der Waals surface area contributed by atoms with Gasteiger partial charge < -0.3 is 15.1 Å². The van der Waals surface area contributed by atoms with E-state index in [2.05, 4.69) is 14.3 Å². The Labute approximate surface area is 182 Å². The highest BCUT2D eigenvalue weighted by Crippen LogP contribution is 2.36. The second-order valence-electron chi connectivity index (χ2n) is 7.87. The van der Waals surface area contributed by atoms with Crippen LogP contribution in [0.1, 0.15) is 30.4 Å². The van der Waals surface area contributed by atoms with Gasteiger partial charge in [-0.2, -0.15) is 9.64 Å². The normalized spacial score (nSPS) is 13.5. The summed E-state index contributed by atoms with van der Waals surface area (Å²) in [6, 6.07) is 5.39. The SMILES string of the molecule is N#Cc1cc2snc(-c3c(O)c4cc(F)cc(CCC5CC5)c4[nH]c3=O)[nH]c=2c(=O)c1=O. The molecule has 8 nitrogen and oxygen atoms in total. The summed E-state index contributed by atoms with van der Waals surface area (Å²) >= 11 is 0.789. The molecule has 0 bridgehead atoms. The van der Waals surface area contributed by atoms with Gasteiger partial charge in [0.05, 0.1) is 10.0 Å². The van der Waals surface area contributed by atoms with E-state index in [-0.39, 0.29) is 32.2 Å². The predicted octanol–water partition coefficient (Wildman–Crippen LogP) is 2.48. The first-order chi connectivity index (χ1) is 15.4. The molecule has 0 atom stereocenters. The Morgan fingerprint density at radius 1 is 1.19 bits per heavy atom. The number of pyridine rings is 1. The second-order valence-corrected chi connectivity index (χ2v) is 8.68. The second kappa shape index (κ2) is 7.39. The third kappa shape index (κ3) is 3.27. The number of aryl methyl sites for hydroxylation is 1. The van der Waals surface area contributed by atoms with Crippen molar-refractivity contribution in [2.45, 2.75) is 25.7 Å². The van der Waals surface area contributed by atoms with E-state index in [1.807, 2.05) is 0 Å². The topological polar surface area (TPSA) is 140 Å². The molecule has 160 valence electrons. The Balaban J connectivity index is 1.74. The Kier molecular flexibility index (Phi) is 4.64. The standard InChI is InChI=1S/C22H15FN4O4S/c23-12-5-10(4-3-9-1-2-9)16-13(7-12)19(29)15(22(31)26-16)21-25-17-14(32-27-21)6-11(8-24)18(28)20(17)30/h5-7,9H,1-4H2,(H,25,27)(H2,26,29,31). The van der Waals surface area contributed by atoms with Gasteiger partial charge in [-0.15, -0.1) is 0 Å². The molecule has 1 fully saturated rings. The third-order valence-electron chi connectivity index (χ3n) is 5.70. The molecule has 1 aromatic carbocycles. The van der Waals surface area contributed by atoms with Gasteiger partial charge in [-0.1, -0.05) is 12.8 Å². The summed E-state index contributed by atoms with van der Waals surface area (Å²) < 4.78 is 18.7. The summed E-state index contributed by atoms with van der Waals surface area (Å²) in [6.07, 6.45) is 3.74. The number of aromatic amines is 2. The molecule has 2 aliphatic carbocycles. The van der Waals surface area contributed by atoms with E-state index in [1.54, 1.807) is 6.07 Å². The highest BCUT2D eigenvalue weighted by atomic mass is 32.1. The first kappa shape index (κ1) is 20.1. The summed E-state index contributed by atoms with van der Waals surface area (Å²) in [5.41, 5.74) is -2.21. The molecule has 3 N–H and O–H groups in total. The molecule has 0 spiro atoms. The molecule has 0 radical (unpaired) electrons. The molecule has 0 amide bonds. The van der Waals surface area contributed by atoms with Crippen LogP contribution in [0.15, 0.2) is 32.6 Å². The number of hydrogen-bond acceptors (Lipinski definition) is 7. The minimum atomic E-state index is -0.973. The maximum Gasteiger partial charge on any atom is 0.263 e. The molecular weight excluding hydrogens is 435 g/mol. The summed E-state index contributed by atoms with van der Waals surface area (Å²) in [5.74, 6) is -0.556. The maximum absolute atomic E-state index is 14.3. The largest absolute Gasteiger partial charge is 0.506 e. The number of nitrogens with one attached hydrogen (secondary N) is 2. The van der Waals surface area contributed by atoms with Crippen molar-refractivity contribution >= 4 is 22.4 Å². The zero-order chi connectivity index (χ0) is 22.6. The van der Waals surface area contributed by atoms with Crippen molar-refractivity contribution in [2.75, 3.05) is 0 Å². The van der Waals surface area contributed by atoms with Crippen LogP contribution in [-0.2, 0) is 6.42 Å². The van der Waals surface area contributed by atoms with Gasteiger partial charge >= 0.3 is 0 Å². The van der Waals surface area contributed by atoms with Gasteiger partial charge in [-0.3, -0.25) is 14.4 Å². The van der Waals surface area contributed by atoms with Crippen LogP contribution in [-0.4, -0.2) is 19.4 Å². The number of halogens is 1. The fraction of sp³-hybridized carbons (Fsp3) is 0.227. The average Bonchev–Trinajstić information content (AvgIpc) is 3.60. The van der Waals surface area contributed by atoms with Crippen molar-refractivity contribution in [2.24, 2.45) is 5.92 Å². The van der Waals surface area contributed by atoms with Crippen molar-refractivity contribution < 1.29 is 9.50 Å². The number of aromatic hydroxyl groups is 1. The molecule has 2 aromatic rings. The summed E-state index contributed by atoms with van der Waals surface area (Å²) in [7, 11) is 0. The molecule has 2 heterocycles. The van der Waals surface area contributed by atoms with Gasteiger partial charge in [0.2, 0.25) is 5.43 Å². The van der Waals surface area contributed by atoms with Crippen LogP contribution < -0.4 is 16.4 Å². The van der Waals surface area contributed by atoms with Crippen molar-refractivity contribution in [1.29, 1.82) is 5.26 Å². The lowest BCUT2D eigenvalue weighted by molar-refractivity contribution is 0.481. The molecule has 0 saturated heterocycles. The van der Waals surface area contributed by atoms with Crippen LogP contribution in [0.25, 0.3) is 22.3 Å². The molecule has 5 rings (SSSR count). The van der Waals surface area contributed by atoms with Crippen LogP contribution in [0.5, 0.6) is 5.75 Å². The van der Waals surface area contributed by atoms with E-state index in [4.69, 9.17) is 5.26 Å². The fourth-order valence-corrected chi connectivity index (χ4v) is 4.57. The molecule has 32 heavy (non-hydrogen) atoms. The molecular formula is C22H15FN4O4S. The lowest BCUT2D eigenvalue weighted by Gasteiger charge is -2.11. The van der Waals surface area contributed by atoms with E-state index in [1.165, 1.54) is 12.1 Å². The number of fused-ring (bicyclic) bond motifs is 1. The van der Waals surface area contributed by atoms with E-state index < -0.39 is 28.0 Å². The van der Waals surface area contributed by atoms with Crippen LogP contribution >= 0.6 is 11.5 Å². The van der Waals surface area contributed by atoms with Crippen LogP contribution in [0.2, 0.25) is 0 Å². The van der Waals surface area contributed by atoms with Gasteiger partial charge in [-0.25, -0.2) is 4.39 Å². The zero-order valence-electron chi connectivity index (χ0n) is 16.5. The Morgan fingerprint density at radius 3 is 2.69 bits per heavy atom. The average molecular weight is 450 g/mol. The van der Waals surface area contributed by atoms with E-state index >= 15 is 0 Å². The van der Waals surface area contributed by atoms with E-state index in [9.17, 15) is 23.9 Å². The molecule has 1 aromatic heterocycles. The minimum Gasteiger partial charge on any atom is -0.506 e. The molecule has 1 saturated carbocycles. The van der Waals surface area contributed by atoms with Crippen molar-refractivity contribution in [3.05, 3.63) is 75.8 Å². The van der Waals surface area contributed by atoms with Crippen LogP contribution in [0.3, 0.4) is 0 Å². The van der Waals surface area contributed by atoms with Gasteiger partial charge in [0, 0.05) is 5.39 Å². The van der Waals surface area contributed by atoms with Crippen molar-refractivity contribution in [3.63, 3.8) is 0 Å². The zero-order valence-corrected chi connectivity index (χ0v) is 17.3. The number of hydrogen-bond donors (Lipinski definition) is 3. The van der Waals surface area contributed by atoms with E-state index in [0.717, 1.165) is 36.9 Å². The smallest absolute Gasteiger partial charge is 0.263 e. The molecule has 1 aliphatic heterocycles. The first-order valence-corrected chi connectivity index (χ1v) is 10.7. The van der Waals surface area contributed by atoms with Crippen molar-refractivity contribution in [1.82, 2.24) is 14.3 Å². The number of benzene rings is 1. The molecule has 0 unspecified atom stereocenters. The highest BCUT2D eigenvalue weighted by Gasteiger charge is 2.23. The first-order valence-electron chi connectivity index (χ1n) is 9.92. The highest BCUT2D eigenvalue weighted by molar-refractivity contribution is 7.03. The van der Waals surface area contributed by atoms with Gasteiger partial charge in [-0.05, 0) is 54.1 Å². The third-order valence-corrected chi connectivity index (χ3v) is 6.49. The van der Waals surface area contributed by atoms with E-state index in [0.29, 0.717) is 23.4 Å². The fourth-order valence-electron chi connectivity index (χ4n) is 3.83. The summed E-state index contributed by atoms with van der Waals surface area (Å²) in [6.45, 7) is 0. The maximum atomic E-state index is 14.3. The molecule has 10 heteroatoms. The Bertz CT molecular complexity index is 1700. The number of rotatable bonds is 4. The van der Waals surface area contributed by atoms with Crippen LogP contribution in [0, 0.1) is 32.9 Å². The van der Waals surface area contributed by atoms with Gasteiger partial charge in [0.1, 0.15) is 34.1 Å². The quantitative estimate of drug-likeness (QED) is 0.408. The number of H-pyrrole nitrogens is 2. The lowest BCUT2D eigenvalue weighted by Crippen LogP contribution is -2.28. The van der Waals surface area contributed by atoms with Gasteiger partial charge in [0.15, 0.2) is 5.82 Å². The predicted molar refractivity (Wildman–Crippen MR) is 115 cm³/mol. The summed E-state index contributed by atoms with van der Waals surface area (Å²) in [5, 5.41) is 19.9. The number of nitrogens with zero attached hydrogens (tertiary/aromatic N) is 2. The van der Waals surface area contributed by atoms with Crippen molar-refractivity contribution in [3.8, 4) is 23.2 Å². The Hall–Kier alpha value is -3.84. The summed E-state index contributed by atoms with van der Waals surface area (Å²) in [4.78, 5) is 42.6. The van der Waals surface area contributed by atoms with Crippen LogP contribution in [0.4, 0.5) is 4.39 Å².